The number of aliphatic carboxylic acids is 1. The molecule has 0 unspecified atom stereocenters. The SMILES string of the molecule is CC(C)CC1(C(=O)O)CCS(=O)(=O)CC1. The highest BCUT2D eigenvalue weighted by Crippen LogP contribution is 2.38. The van der Waals surface area contributed by atoms with Crippen LogP contribution < -0.4 is 0 Å². The Morgan fingerprint density at radius 3 is 2.13 bits per heavy atom. The molecule has 0 bridgehead atoms. The lowest BCUT2D eigenvalue weighted by Crippen LogP contribution is -2.40. The third kappa shape index (κ3) is 2.93. The molecule has 1 fully saturated rings. The minimum atomic E-state index is -2.99. The normalized spacial score (nSPS) is 23.9. The molecule has 1 aliphatic heterocycles. The van der Waals surface area contributed by atoms with Crippen molar-refractivity contribution in [1.82, 2.24) is 0 Å². The van der Waals surface area contributed by atoms with Crippen molar-refractivity contribution in [2.24, 2.45) is 11.3 Å². The Morgan fingerprint density at radius 1 is 1.33 bits per heavy atom. The van der Waals surface area contributed by atoms with E-state index in [4.69, 9.17) is 0 Å². The molecule has 0 amide bonds. The predicted octanol–water partition coefficient (Wildman–Crippen LogP) is 1.31. The van der Waals surface area contributed by atoms with Crippen molar-refractivity contribution < 1.29 is 18.3 Å². The fourth-order valence-corrected chi connectivity index (χ4v) is 3.82. The summed E-state index contributed by atoms with van der Waals surface area (Å²) in [5.74, 6) is -0.522. The van der Waals surface area contributed by atoms with Gasteiger partial charge in [-0.3, -0.25) is 4.79 Å². The second-order valence-corrected chi connectivity index (χ2v) is 7.14. The van der Waals surface area contributed by atoms with Gasteiger partial charge < -0.3 is 5.11 Å². The maximum atomic E-state index is 11.3. The first-order valence-corrected chi connectivity index (χ1v) is 7.03. The standard InChI is InChI=1S/C10H18O4S/c1-8(2)7-10(9(11)12)3-5-15(13,14)6-4-10/h8H,3-7H2,1-2H3,(H,11,12). The van der Waals surface area contributed by atoms with Gasteiger partial charge >= 0.3 is 5.97 Å². The van der Waals surface area contributed by atoms with E-state index in [1.165, 1.54) is 0 Å². The first-order valence-electron chi connectivity index (χ1n) is 5.21. The maximum Gasteiger partial charge on any atom is 0.309 e. The van der Waals surface area contributed by atoms with E-state index in [9.17, 15) is 18.3 Å². The van der Waals surface area contributed by atoms with Gasteiger partial charge in [0.1, 0.15) is 9.84 Å². The highest BCUT2D eigenvalue weighted by atomic mass is 32.2. The van der Waals surface area contributed by atoms with Gasteiger partial charge in [-0.15, -0.1) is 0 Å². The van der Waals surface area contributed by atoms with Crippen LogP contribution in [-0.2, 0) is 14.6 Å². The number of hydrogen-bond donors (Lipinski definition) is 1. The fourth-order valence-electron chi connectivity index (χ4n) is 2.22. The number of carboxylic acid groups (broad SMARTS) is 1. The largest absolute Gasteiger partial charge is 0.481 e. The molecule has 0 atom stereocenters. The van der Waals surface area contributed by atoms with Gasteiger partial charge in [0.15, 0.2) is 0 Å². The summed E-state index contributed by atoms with van der Waals surface area (Å²) in [5, 5.41) is 9.21. The zero-order valence-corrected chi connectivity index (χ0v) is 10.0. The lowest BCUT2D eigenvalue weighted by atomic mass is 9.75. The van der Waals surface area contributed by atoms with E-state index >= 15 is 0 Å². The van der Waals surface area contributed by atoms with E-state index in [1.807, 2.05) is 13.8 Å². The molecule has 0 saturated carbocycles. The second kappa shape index (κ2) is 4.12. The van der Waals surface area contributed by atoms with Crippen LogP contribution in [0.5, 0.6) is 0 Å². The molecular weight excluding hydrogens is 216 g/mol. The molecule has 1 heterocycles. The molecule has 0 radical (unpaired) electrons. The molecule has 0 aliphatic carbocycles. The Labute approximate surface area is 90.6 Å². The number of hydrogen-bond acceptors (Lipinski definition) is 3. The van der Waals surface area contributed by atoms with Gasteiger partial charge in [0.2, 0.25) is 0 Å². The second-order valence-electron chi connectivity index (χ2n) is 4.84. The van der Waals surface area contributed by atoms with Crippen molar-refractivity contribution in [3.63, 3.8) is 0 Å². The minimum Gasteiger partial charge on any atom is -0.481 e. The molecule has 0 aromatic rings. The fraction of sp³-hybridized carbons (Fsp3) is 0.900. The van der Waals surface area contributed by atoms with Gasteiger partial charge in [-0.25, -0.2) is 8.42 Å². The Hall–Kier alpha value is -0.580. The monoisotopic (exact) mass is 234 g/mol. The zero-order chi connectivity index (χ0) is 11.7. The lowest BCUT2D eigenvalue weighted by Gasteiger charge is -2.34. The molecule has 5 heteroatoms. The molecule has 0 aromatic carbocycles. The summed E-state index contributed by atoms with van der Waals surface area (Å²) >= 11 is 0. The van der Waals surface area contributed by atoms with E-state index in [0.29, 0.717) is 6.42 Å². The molecule has 4 nitrogen and oxygen atoms in total. The minimum absolute atomic E-state index is 0.0199. The van der Waals surface area contributed by atoms with Gasteiger partial charge in [0.25, 0.3) is 0 Å². The Kier molecular flexibility index (Phi) is 3.43. The summed E-state index contributed by atoms with van der Waals surface area (Å²) in [7, 11) is -2.99. The number of rotatable bonds is 3. The molecule has 0 spiro atoms. The predicted molar refractivity (Wildman–Crippen MR) is 57.4 cm³/mol. The highest BCUT2D eigenvalue weighted by molar-refractivity contribution is 7.91. The maximum absolute atomic E-state index is 11.3. The van der Waals surface area contributed by atoms with E-state index in [2.05, 4.69) is 0 Å². The Balaban J connectivity index is 2.82. The summed E-state index contributed by atoms with van der Waals surface area (Å²) in [6.07, 6.45) is 1.10. The van der Waals surface area contributed by atoms with Gasteiger partial charge in [-0.05, 0) is 25.2 Å². The molecular formula is C10H18O4S. The van der Waals surface area contributed by atoms with Crippen LogP contribution in [0, 0.1) is 11.3 Å². The van der Waals surface area contributed by atoms with Crippen molar-refractivity contribution in [3.8, 4) is 0 Å². The number of carboxylic acids is 1. The van der Waals surface area contributed by atoms with Crippen LogP contribution in [0.25, 0.3) is 0 Å². The Morgan fingerprint density at radius 2 is 1.80 bits per heavy atom. The number of carbonyl (C=O) groups is 1. The van der Waals surface area contributed by atoms with Crippen molar-refractivity contribution >= 4 is 15.8 Å². The molecule has 88 valence electrons. The van der Waals surface area contributed by atoms with Crippen LogP contribution in [0.15, 0.2) is 0 Å². The first kappa shape index (κ1) is 12.5. The van der Waals surface area contributed by atoms with E-state index < -0.39 is 21.2 Å². The smallest absolute Gasteiger partial charge is 0.309 e. The lowest BCUT2D eigenvalue weighted by molar-refractivity contribution is -0.150. The van der Waals surface area contributed by atoms with Gasteiger partial charge in [0.05, 0.1) is 16.9 Å². The van der Waals surface area contributed by atoms with Crippen molar-refractivity contribution in [1.29, 1.82) is 0 Å². The van der Waals surface area contributed by atoms with Crippen LogP contribution in [0.4, 0.5) is 0 Å². The number of sulfone groups is 1. The van der Waals surface area contributed by atoms with Crippen LogP contribution in [0.1, 0.15) is 33.1 Å². The van der Waals surface area contributed by atoms with Crippen molar-refractivity contribution in [2.75, 3.05) is 11.5 Å². The summed E-state index contributed by atoms with van der Waals surface area (Å²) < 4.78 is 22.5. The van der Waals surface area contributed by atoms with Crippen LogP contribution in [-0.4, -0.2) is 31.0 Å². The van der Waals surface area contributed by atoms with Gasteiger partial charge in [-0.2, -0.15) is 0 Å². The molecule has 15 heavy (non-hydrogen) atoms. The van der Waals surface area contributed by atoms with Crippen LogP contribution >= 0.6 is 0 Å². The third-order valence-electron chi connectivity index (χ3n) is 3.04. The summed E-state index contributed by atoms with van der Waals surface area (Å²) in [4.78, 5) is 11.2. The average molecular weight is 234 g/mol. The highest BCUT2D eigenvalue weighted by Gasteiger charge is 2.43. The summed E-state index contributed by atoms with van der Waals surface area (Å²) in [5.41, 5.74) is -0.806. The van der Waals surface area contributed by atoms with Crippen molar-refractivity contribution in [3.05, 3.63) is 0 Å². The van der Waals surface area contributed by atoms with Crippen LogP contribution in [0.3, 0.4) is 0 Å². The van der Waals surface area contributed by atoms with E-state index in [0.717, 1.165) is 0 Å². The van der Waals surface area contributed by atoms with Gasteiger partial charge in [0, 0.05) is 0 Å². The third-order valence-corrected chi connectivity index (χ3v) is 4.69. The first-order chi connectivity index (χ1) is 6.77. The molecule has 1 aliphatic rings. The molecule has 1 saturated heterocycles. The average Bonchev–Trinajstić information content (AvgIpc) is 2.08. The van der Waals surface area contributed by atoms with Crippen LogP contribution in [0.2, 0.25) is 0 Å². The van der Waals surface area contributed by atoms with Crippen molar-refractivity contribution in [2.45, 2.75) is 33.1 Å². The topological polar surface area (TPSA) is 71.4 Å². The molecule has 0 aromatic heterocycles. The summed E-state index contributed by atoms with van der Waals surface area (Å²) in [6.45, 7) is 3.93. The quantitative estimate of drug-likeness (QED) is 0.799. The molecule has 1 N–H and O–H groups in total. The zero-order valence-electron chi connectivity index (χ0n) is 9.19. The van der Waals surface area contributed by atoms with Gasteiger partial charge in [-0.1, -0.05) is 13.8 Å². The Bertz CT molecular complexity index is 328. The molecule has 1 rings (SSSR count). The summed E-state index contributed by atoms with van der Waals surface area (Å²) in [6, 6.07) is 0. The van der Waals surface area contributed by atoms with E-state index in [1.54, 1.807) is 0 Å². The van der Waals surface area contributed by atoms with E-state index in [-0.39, 0.29) is 30.3 Å².